The predicted octanol–water partition coefficient (Wildman–Crippen LogP) is 4.65. The van der Waals surface area contributed by atoms with E-state index in [2.05, 4.69) is 15.9 Å². The molecule has 2 aromatic carbocycles. The first-order valence-corrected chi connectivity index (χ1v) is 8.07. The first kappa shape index (κ1) is 16.4. The van der Waals surface area contributed by atoms with Crippen molar-refractivity contribution < 1.29 is 14.2 Å². The van der Waals surface area contributed by atoms with Crippen molar-refractivity contribution in [3.05, 3.63) is 53.6 Å². The summed E-state index contributed by atoms with van der Waals surface area (Å²) in [4.78, 5) is 0. The van der Waals surface area contributed by atoms with E-state index in [9.17, 15) is 0 Å². The molecule has 116 valence electrons. The zero-order valence-electron chi connectivity index (χ0n) is 12.7. The Hall–Kier alpha value is -1.94. The predicted molar refractivity (Wildman–Crippen MR) is 94.2 cm³/mol. The molecule has 0 fully saturated rings. The molecule has 0 spiro atoms. The summed E-state index contributed by atoms with van der Waals surface area (Å²) in [5, 5.41) is 0.826. The van der Waals surface area contributed by atoms with E-state index < -0.39 is 0 Å². The Morgan fingerprint density at radius 3 is 1.95 bits per heavy atom. The van der Waals surface area contributed by atoms with Gasteiger partial charge in [-0.1, -0.05) is 40.2 Å². The van der Waals surface area contributed by atoms with Gasteiger partial charge in [0.25, 0.3) is 0 Å². The van der Waals surface area contributed by atoms with Crippen LogP contribution in [0.5, 0.6) is 17.2 Å². The van der Waals surface area contributed by atoms with Gasteiger partial charge < -0.3 is 14.2 Å². The highest BCUT2D eigenvalue weighted by Crippen LogP contribution is 2.24. The minimum Gasteiger partial charge on any atom is -0.497 e. The topological polar surface area (TPSA) is 27.7 Å². The molecule has 2 rings (SSSR count). The Labute approximate surface area is 139 Å². The van der Waals surface area contributed by atoms with Crippen LogP contribution in [0.25, 0.3) is 12.2 Å². The number of ether oxygens (including phenoxy) is 3. The van der Waals surface area contributed by atoms with Crippen molar-refractivity contribution >= 4 is 28.1 Å². The van der Waals surface area contributed by atoms with Crippen LogP contribution in [0, 0.1) is 0 Å². The summed E-state index contributed by atoms with van der Waals surface area (Å²) < 4.78 is 16.1. The molecule has 0 radical (unpaired) electrons. The maximum absolute atomic E-state index is 5.53. The summed E-state index contributed by atoms with van der Waals surface area (Å²) in [5.74, 6) is 2.43. The van der Waals surface area contributed by atoms with Gasteiger partial charge in [0.15, 0.2) is 0 Å². The molecular formula is C18H19BrO3. The third-order valence-electron chi connectivity index (χ3n) is 3.07. The Kier molecular flexibility index (Phi) is 6.34. The summed E-state index contributed by atoms with van der Waals surface area (Å²) in [6, 6.07) is 13.8. The van der Waals surface area contributed by atoms with E-state index in [-0.39, 0.29) is 0 Å². The van der Waals surface area contributed by atoms with E-state index in [4.69, 9.17) is 14.2 Å². The monoisotopic (exact) mass is 362 g/mol. The Morgan fingerprint density at radius 2 is 1.41 bits per heavy atom. The van der Waals surface area contributed by atoms with Gasteiger partial charge in [-0.2, -0.15) is 0 Å². The zero-order valence-corrected chi connectivity index (χ0v) is 14.3. The van der Waals surface area contributed by atoms with Crippen LogP contribution in [0.4, 0.5) is 0 Å². The summed E-state index contributed by atoms with van der Waals surface area (Å²) in [5.41, 5.74) is 2.13. The third kappa shape index (κ3) is 4.81. The van der Waals surface area contributed by atoms with Gasteiger partial charge in [0.05, 0.1) is 20.8 Å². The SMILES string of the molecule is COc1cc(/C=C/c2ccc(OCCBr)cc2)cc(OC)c1. The van der Waals surface area contributed by atoms with E-state index in [0.29, 0.717) is 6.61 Å². The van der Waals surface area contributed by atoms with Crippen LogP contribution in [0.1, 0.15) is 11.1 Å². The number of rotatable bonds is 7. The van der Waals surface area contributed by atoms with Crippen molar-refractivity contribution in [3.63, 3.8) is 0 Å². The van der Waals surface area contributed by atoms with Crippen LogP contribution in [-0.2, 0) is 0 Å². The van der Waals surface area contributed by atoms with Crippen molar-refractivity contribution in [2.75, 3.05) is 26.2 Å². The standard InChI is InChI=1S/C18H19BrO3/c1-20-17-11-15(12-18(13-17)21-2)4-3-14-5-7-16(8-6-14)22-10-9-19/h3-8,11-13H,9-10H2,1-2H3/b4-3+. The average Bonchev–Trinajstić information content (AvgIpc) is 2.58. The molecule has 0 aromatic heterocycles. The Morgan fingerprint density at radius 1 is 0.818 bits per heavy atom. The number of hydrogen-bond acceptors (Lipinski definition) is 3. The van der Waals surface area contributed by atoms with Crippen LogP contribution < -0.4 is 14.2 Å². The highest BCUT2D eigenvalue weighted by Gasteiger charge is 1.99. The van der Waals surface area contributed by atoms with Gasteiger partial charge in [-0.3, -0.25) is 0 Å². The molecule has 0 aliphatic carbocycles. The number of methoxy groups -OCH3 is 2. The first-order valence-electron chi connectivity index (χ1n) is 6.95. The third-order valence-corrected chi connectivity index (χ3v) is 3.39. The molecule has 0 saturated carbocycles. The molecule has 0 aliphatic rings. The number of halogens is 1. The summed E-state index contributed by atoms with van der Waals surface area (Å²) in [6.07, 6.45) is 4.07. The van der Waals surface area contributed by atoms with Gasteiger partial charge in [-0.25, -0.2) is 0 Å². The maximum atomic E-state index is 5.53. The largest absolute Gasteiger partial charge is 0.497 e. The lowest BCUT2D eigenvalue weighted by molar-refractivity contribution is 0.345. The van der Waals surface area contributed by atoms with Crippen molar-refractivity contribution in [3.8, 4) is 17.2 Å². The van der Waals surface area contributed by atoms with Gasteiger partial charge >= 0.3 is 0 Å². The molecule has 2 aromatic rings. The molecule has 0 atom stereocenters. The number of alkyl halides is 1. The molecule has 0 amide bonds. The fourth-order valence-corrected chi connectivity index (χ4v) is 2.11. The lowest BCUT2D eigenvalue weighted by Crippen LogP contribution is -1.97. The van der Waals surface area contributed by atoms with E-state index in [1.54, 1.807) is 14.2 Å². The zero-order chi connectivity index (χ0) is 15.8. The fourth-order valence-electron chi connectivity index (χ4n) is 1.95. The van der Waals surface area contributed by atoms with Gasteiger partial charge in [-0.05, 0) is 35.4 Å². The quantitative estimate of drug-likeness (QED) is 0.530. The van der Waals surface area contributed by atoms with Crippen molar-refractivity contribution in [1.82, 2.24) is 0 Å². The molecule has 0 bridgehead atoms. The molecular weight excluding hydrogens is 344 g/mol. The molecule has 0 saturated heterocycles. The molecule has 0 heterocycles. The maximum Gasteiger partial charge on any atom is 0.123 e. The minimum atomic E-state index is 0.665. The van der Waals surface area contributed by atoms with Crippen LogP contribution in [0.15, 0.2) is 42.5 Å². The normalized spacial score (nSPS) is 10.7. The second-order valence-corrected chi connectivity index (χ2v) is 5.38. The van der Waals surface area contributed by atoms with Gasteiger partial charge in [0.1, 0.15) is 17.2 Å². The first-order chi connectivity index (χ1) is 10.7. The van der Waals surface area contributed by atoms with Crippen LogP contribution in [0.2, 0.25) is 0 Å². The lowest BCUT2D eigenvalue weighted by Gasteiger charge is -2.06. The summed E-state index contributed by atoms with van der Waals surface area (Å²) in [7, 11) is 3.29. The lowest BCUT2D eigenvalue weighted by atomic mass is 10.1. The van der Waals surface area contributed by atoms with Gasteiger partial charge in [-0.15, -0.1) is 0 Å². The highest BCUT2D eigenvalue weighted by atomic mass is 79.9. The van der Waals surface area contributed by atoms with E-state index >= 15 is 0 Å². The van der Waals surface area contributed by atoms with Crippen molar-refractivity contribution in [1.29, 1.82) is 0 Å². The van der Waals surface area contributed by atoms with Crippen LogP contribution >= 0.6 is 15.9 Å². The van der Waals surface area contributed by atoms with Crippen molar-refractivity contribution in [2.24, 2.45) is 0 Å². The number of hydrogen-bond donors (Lipinski definition) is 0. The Balaban J connectivity index is 2.10. The average molecular weight is 363 g/mol. The highest BCUT2D eigenvalue weighted by molar-refractivity contribution is 9.09. The Bertz CT molecular complexity index is 598. The van der Waals surface area contributed by atoms with E-state index in [1.165, 1.54) is 0 Å². The van der Waals surface area contributed by atoms with Gasteiger partial charge in [0.2, 0.25) is 0 Å². The van der Waals surface area contributed by atoms with Gasteiger partial charge in [0, 0.05) is 11.4 Å². The van der Waals surface area contributed by atoms with Crippen LogP contribution in [-0.4, -0.2) is 26.2 Å². The molecule has 0 aliphatic heterocycles. The summed E-state index contributed by atoms with van der Waals surface area (Å²) in [6.45, 7) is 0.665. The van der Waals surface area contributed by atoms with E-state index in [0.717, 1.165) is 33.7 Å². The second-order valence-electron chi connectivity index (χ2n) is 4.59. The molecule has 22 heavy (non-hydrogen) atoms. The summed E-state index contributed by atoms with van der Waals surface area (Å²) >= 11 is 3.34. The second kappa shape index (κ2) is 8.49. The molecule has 0 N–H and O–H groups in total. The van der Waals surface area contributed by atoms with Crippen molar-refractivity contribution in [2.45, 2.75) is 0 Å². The molecule has 4 heteroatoms. The van der Waals surface area contributed by atoms with E-state index in [1.807, 2.05) is 54.6 Å². The molecule has 0 unspecified atom stereocenters. The van der Waals surface area contributed by atoms with Crippen LogP contribution in [0.3, 0.4) is 0 Å². The molecule has 3 nitrogen and oxygen atoms in total. The fraction of sp³-hybridized carbons (Fsp3) is 0.222. The smallest absolute Gasteiger partial charge is 0.123 e. The number of benzene rings is 2. The minimum absolute atomic E-state index is 0.665.